The Hall–Kier alpha value is -2.33. The Morgan fingerprint density at radius 2 is 1.94 bits per heavy atom. The summed E-state index contributed by atoms with van der Waals surface area (Å²) in [5.74, 6) is -0.429. The van der Waals surface area contributed by atoms with Crippen LogP contribution in [0.5, 0.6) is 0 Å². The standard InChI is InChI=1S/C23H24N2O6S2/c26-13(27)6-2-1-3-7-25-21(28)15-10-9-11(16(15)22(25)29)18-14(10)17(12-5-4-8-31-12)19-20(32-18)24-23(30)33-19/h4-5,8,10-11,14-18H,1-3,6-7,9H2,(H,24,30)(H,26,27)/t10-,11-,14-,15+,16-,17-,18+/m1/s1. The van der Waals surface area contributed by atoms with Crippen LogP contribution in [0.25, 0.3) is 0 Å². The number of hydrogen-bond donors (Lipinski definition) is 2. The second-order valence-corrected chi connectivity index (χ2v) is 11.7. The molecular weight excluding hydrogens is 464 g/mol. The van der Waals surface area contributed by atoms with Gasteiger partial charge in [-0.25, -0.2) is 0 Å². The smallest absolute Gasteiger partial charge is 0.305 e. The fourth-order valence-corrected chi connectivity index (χ4v) is 9.68. The minimum Gasteiger partial charge on any atom is -0.481 e. The number of unbranched alkanes of at least 4 members (excludes halogenated alkanes) is 2. The van der Waals surface area contributed by atoms with Crippen molar-refractivity contribution in [2.45, 2.75) is 48.3 Å². The van der Waals surface area contributed by atoms with Gasteiger partial charge in [0, 0.05) is 18.2 Å². The molecule has 174 valence electrons. The summed E-state index contributed by atoms with van der Waals surface area (Å²) in [6.45, 7) is 0.370. The Morgan fingerprint density at radius 1 is 1.15 bits per heavy atom. The van der Waals surface area contributed by atoms with Gasteiger partial charge >= 0.3 is 10.8 Å². The number of thioether (sulfide) groups is 1. The molecule has 33 heavy (non-hydrogen) atoms. The molecule has 7 atom stereocenters. The number of carboxylic acids is 1. The van der Waals surface area contributed by atoms with Gasteiger partial charge in [-0.05, 0) is 49.1 Å². The molecule has 2 saturated carbocycles. The monoisotopic (exact) mass is 488 g/mol. The van der Waals surface area contributed by atoms with Crippen molar-refractivity contribution in [3.8, 4) is 0 Å². The number of rotatable bonds is 7. The van der Waals surface area contributed by atoms with Gasteiger partial charge in [-0.2, -0.15) is 0 Å². The van der Waals surface area contributed by atoms with Crippen LogP contribution in [0.4, 0.5) is 0 Å². The van der Waals surface area contributed by atoms with E-state index >= 15 is 0 Å². The van der Waals surface area contributed by atoms with E-state index in [4.69, 9.17) is 9.52 Å². The molecule has 0 unspecified atom stereocenters. The van der Waals surface area contributed by atoms with E-state index in [1.54, 1.807) is 18.0 Å². The number of aromatic nitrogens is 1. The van der Waals surface area contributed by atoms with Gasteiger partial charge in [-0.3, -0.25) is 24.1 Å². The quantitative estimate of drug-likeness (QED) is 0.454. The summed E-state index contributed by atoms with van der Waals surface area (Å²) < 4.78 is 5.81. The predicted molar refractivity (Wildman–Crippen MR) is 120 cm³/mol. The van der Waals surface area contributed by atoms with Crippen LogP contribution >= 0.6 is 23.1 Å². The number of H-pyrrole nitrogens is 1. The molecule has 2 aliphatic carbocycles. The highest BCUT2D eigenvalue weighted by Crippen LogP contribution is 2.68. The van der Waals surface area contributed by atoms with Crippen molar-refractivity contribution in [3.05, 3.63) is 38.7 Å². The number of furan rings is 1. The fraction of sp³-hybridized carbons (Fsp3) is 0.565. The van der Waals surface area contributed by atoms with Gasteiger partial charge in [0.1, 0.15) is 5.76 Å². The van der Waals surface area contributed by atoms with Crippen molar-refractivity contribution in [3.63, 3.8) is 0 Å². The topological polar surface area (TPSA) is 121 Å². The molecule has 6 rings (SSSR count). The summed E-state index contributed by atoms with van der Waals surface area (Å²) in [5.41, 5.74) is 0. The van der Waals surface area contributed by atoms with E-state index in [9.17, 15) is 19.2 Å². The number of carbonyl (C=O) groups is 3. The third-order valence-corrected chi connectivity index (χ3v) is 10.5. The van der Waals surface area contributed by atoms with E-state index in [-0.39, 0.29) is 63.9 Å². The number of imide groups is 1. The van der Waals surface area contributed by atoms with Crippen LogP contribution in [0.1, 0.15) is 48.7 Å². The first-order chi connectivity index (χ1) is 16.0. The molecule has 2 N–H and O–H groups in total. The number of aliphatic carboxylic acids is 1. The minimum absolute atomic E-state index is 0.0612. The molecule has 0 aromatic carbocycles. The normalized spacial score (nSPS) is 33.9. The number of hydrogen-bond acceptors (Lipinski definition) is 7. The summed E-state index contributed by atoms with van der Waals surface area (Å²) >= 11 is 2.89. The number of thiazole rings is 1. The Labute approximate surface area is 197 Å². The van der Waals surface area contributed by atoms with Crippen molar-refractivity contribution in [2.24, 2.45) is 29.6 Å². The van der Waals surface area contributed by atoms with Crippen molar-refractivity contribution in [1.82, 2.24) is 9.88 Å². The second kappa shape index (κ2) is 7.87. The van der Waals surface area contributed by atoms with Crippen LogP contribution in [0.3, 0.4) is 0 Å². The molecule has 2 aliphatic heterocycles. The van der Waals surface area contributed by atoms with Crippen molar-refractivity contribution in [2.75, 3.05) is 6.54 Å². The van der Waals surface area contributed by atoms with Crippen LogP contribution in [0, 0.1) is 29.6 Å². The molecule has 8 nitrogen and oxygen atoms in total. The highest BCUT2D eigenvalue weighted by atomic mass is 32.2. The molecule has 2 amide bonds. The number of aromatic amines is 1. The lowest BCUT2D eigenvalue weighted by Crippen LogP contribution is -2.42. The van der Waals surface area contributed by atoms with Crippen LogP contribution < -0.4 is 4.87 Å². The van der Waals surface area contributed by atoms with E-state index in [1.807, 2.05) is 12.1 Å². The number of nitrogens with zero attached hydrogens (tertiary/aromatic N) is 1. The maximum Gasteiger partial charge on any atom is 0.305 e. The van der Waals surface area contributed by atoms with Crippen molar-refractivity contribution < 1.29 is 23.9 Å². The first kappa shape index (κ1) is 21.2. The fourth-order valence-electron chi connectivity index (χ4n) is 6.81. The molecule has 2 aromatic rings. The minimum atomic E-state index is -0.824. The summed E-state index contributed by atoms with van der Waals surface area (Å²) in [6, 6.07) is 3.80. The average molecular weight is 489 g/mol. The zero-order valence-corrected chi connectivity index (χ0v) is 19.4. The SMILES string of the molecule is O=C(O)CCCCCN1C(=O)[C@@H]2[C@H]3C[C@@H]([C@@H]2C1=O)[C@@H]1[C@@H](c2ccco2)c2sc(=O)[nH]c2S[C@@H]31. The summed E-state index contributed by atoms with van der Waals surface area (Å²) in [4.78, 5) is 54.9. The van der Waals surface area contributed by atoms with Gasteiger partial charge in [0.2, 0.25) is 11.8 Å². The lowest BCUT2D eigenvalue weighted by Gasteiger charge is -2.42. The zero-order chi connectivity index (χ0) is 22.9. The first-order valence-electron chi connectivity index (χ1n) is 11.5. The van der Waals surface area contributed by atoms with Gasteiger partial charge in [0.05, 0.1) is 33.9 Å². The molecule has 4 aliphatic rings. The molecule has 2 aromatic heterocycles. The zero-order valence-electron chi connectivity index (χ0n) is 17.8. The number of amides is 2. The summed E-state index contributed by atoms with van der Waals surface area (Å²) in [7, 11) is 0. The molecule has 0 spiro atoms. The van der Waals surface area contributed by atoms with E-state index in [2.05, 4.69) is 4.98 Å². The summed E-state index contributed by atoms with van der Waals surface area (Å²) in [5, 5.41) is 9.83. The molecule has 1 saturated heterocycles. The Bertz CT molecular complexity index is 1170. The Balaban J connectivity index is 1.27. The van der Waals surface area contributed by atoms with Gasteiger partial charge in [-0.15, -0.1) is 11.8 Å². The third kappa shape index (κ3) is 3.17. The molecular formula is C23H24N2O6S2. The highest BCUT2D eigenvalue weighted by molar-refractivity contribution is 8.00. The molecule has 2 bridgehead atoms. The maximum absolute atomic E-state index is 13.4. The number of fused-ring (bicyclic) bond motifs is 9. The lowest BCUT2D eigenvalue weighted by atomic mass is 9.69. The number of carboxylic acid groups (broad SMARTS) is 1. The van der Waals surface area contributed by atoms with Crippen LogP contribution in [-0.4, -0.2) is 44.6 Å². The Morgan fingerprint density at radius 3 is 2.67 bits per heavy atom. The van der Waals surface area contributed by atoms with Crippen LogP contribution in [0.15, 0.2) is 32.6 Å². The second-order valence-electron chi connectivity index (χ2n) is 9.51. The number of likely N-dealkylation sites (tertiary alicyclic amines) is 1. The average Bonchev–Trinajstić information content (AvgIpc) is 3.57. The third-order valence-electron chi connectivity index (χ3n) is 7.94. The Kier molecular flexibility index (Phi) is 5.06. The molecule has 3 fully saturated rings. The summed E-state index contributed by atoms with van der Waals surface area (Å²) in [6.07, 6.45) is 4.48. The number of nitrogens with one attached hydrogen (secondary N) is 1. The number of carbonyl (C=O) groups excluding carboxylic acids is 2. The van der Waals surface area contributed by atoms with Gasteiger partial charge in [0.15, 0.2) is 0 Å². The largest absolute Gasteiger partial charge is 0.481 e. The van der Waals surface area contributed by atoms with E-state index in [0.717, 1.165) is 22.1 Å². The van der Waals surface area contributed by atoms with Crippen LogP contribution in [-0.2, 0) is 14.4 Å². The van der Waals surface area contributed by atoms with E-state index in [0.29, 0.717) is 25.8 Å². The van der Waals surface area contributed by atoms with Gasteiger partial charge < -0.3 is 14.5 Å². The first-order valence-corrected chi connectivity index (χ1v) is 13.2. The van der Waals surface area contributed by atoms with Crippen LogP contribution in [0.2, 0.25) is 0 Å². The van der Waals surface area contributed by atoms with Crippen molar-refractivity contribution in [1.29, 1.82) is 0 Å². The van der Waals surface area contributed by atoms with Crippen molar-refractivity contribution >= 4 is 40.9 Å². The van der Waals surface area contributed by atoms with E-state index in [1.165, 1.54) is 16.2 Å². The van der Waals surface area contributed by atoms with Gasteiger partial charge in [0.25, 0.3) is 0 Å². The maximum atomic E-state index is 13.4. The molecule has 4 heterocycles. The van der Waals surface area contributed by atoms with E-state index < -0.39 is 5.97 Å². The highest BCUT2D eigenvalue weighted by Gasteiger charge is 2.69. The van der Waals surface area contributed by atoms with Gasteiger partial charge in [-0.1, -0.05) is 17.8 Å². The predicted octanol–water partition coefficient (Wildman–Crippen LogP) is 3.15. The molecule has 10 heteroatoms. The molecule has 0 radical (unpaired) electrons. The lowest BCUT2D eigenvalue weighted by molar-refractivity contribution is -0.141.